The summed E-state index contributed by atoms with van der Waals surface area (Å²) < 4.78 is 25.3. The van der Waals surface area contributed by atoms with E-state index in [-0.39, 0.29) is 25.6 Å². The van der Waals surface area contributed by atoms with E-state index in [2.05, 4.69) is 0 Å². The van der Waals surface area contributed by atoms with Crippen molar-refractivity contribution in [1.82, 2.24) is 4.90 Å². The number of aliphatic hydroxyl groups excluding tert-OH is 1. The van der Waals surface area contributed by atoms with Gasteiger partial charge in [0.05, 0.1) is 13.2 Å². The zero-order valence-corrected chi connectivity index (χ0v) is 6.56. The standard InChI is InChI=1S/C7H13F2NO/c1-2-10-5-7(8,9)3-6(10)4-11/h6,11H,2-5H2,1H3/t6-/m0/s1. The first-order chi connectivity index (χ1) is 5.09. The van der Waals surface area contributed by atoms with Gasteiger partial charge in [-0.05, 0) is 6.54 Å². The second kappa shape index (κ2) is 3.03. The van der Waals surface area contributed by atoms with Crippen LogP contribution in [0, 0.1) is 0 Å². The summed E-state index contributed by atoms with van der Waals surface area (Å²) in [6, 6.07) is -0.338. The van der Waals surface area contributed by atoms with Gasteiger partial charge in [0.2, 0.25) is 0 Å². The van der Waals surface area contributed by atoms with Crippen LogP contribution in [0.2, 0.25) is 0 Å². The molecule has 0 amide bonds. The number of rotatable bonds is 2. The van der Waals surface area contributed by atoms with Crippen LogP contribution in [0.5, 0.6) is 0 Å². The zero-order chi connectivity index (χ0) is 8.48. The van der Waals surface area contributed by atoms with Crippen LogP contribution in [0.4, 0.5) is 8.78 Å². The van der Waals surface area contributed by atoms with Gasteiger partial charge in [0.15, 0.2) is 0 Å². The number of aliphatic hydroxyl groups is 1. The molecule has 66 valence electrons. The van der Waals surface area contributed by atoms with Gasteiger partial charge in [-0.25, -0.2) is 8.78 Å². The van der Waals surface area contributed by atoms with Crippen LogP contribution >= 0.6 is 0 Å². The van der Waals surface area contributed by atoms with Crippen LogP contribution < -0.4 is 0 Å². The lowest BCUT2D eigenvalue weighted by molar-refractivity contribution is 0.0122. The SMILES string of the molecule is CCN1CC(F)(F)C[C@H]1CO. The van der Waals surface area contributed by atoms with Crippen LogP contribution in [0.15, 0.2) is 0 Å². The third-order valence-electron chi connectivity index (χ3n) is 2.10. The molecule has 1 aliphatic heterocycles. The highest BCUT2D eigenvalue weighted by Gasteiger charge is 2.43. The Bertz CT molecular complexity index is 126. The Hall–Kier alpha value is -0.220. The van der Waals surface area contributed by atoms with E-state index in [0.717, 1.165) is 0 Å². The number of hydrogen-bond acceptors (Lipinski definition) is 2. The lowest BCUT2D eigenvalue weighted by atomic mass is 10.2. The molecule has 0 aromatic heterocycles. The van der Waals surface area contributed by atoms with Crippen molar-refractivity contribution >= 4 is 0 Å². The summed E-state index contributed by atoms with van der Waals surface area (Å²) in [7, 11) is 0. The Balaban J connectivity index is 2.55. The first kappa shape index (κ1) is 8.87. The highest BCUT2D eigenvalue weighted by atomic mass is 19.3. The molecule has 4 heteroatoms. The Morgan fingerprint density at radius 2 is 2.27 bits per heavy atom. The van der Waals surface area contributed by atoms with E-state index in [1.807, 2.05) is 6.92 Å². The predicted octanol–water partition coefficient (Wildman–Crippen LogP) is 0.708. The third-order valence-corrected chi connectivity index (χ3v) is 2.10. The molecule has 0 aromatic rings. The molecule has 1 atom stereocenters. The van der Waals surface area contributed by atoms with Crippen molar-refractivity contribution in [3.05, 3.63) is 0 Å². The van der Waals surface area contributed by atoms with Gasteiger partial charge in [-0.3, -0.25) is 4.90 Å². The molecule has 1 fully saturated rings. The fourth-order valence-corrected chi connectivity index (χ4v) is 1.51. The summed E-state index contributed by atoms with van der Waals surface area (Å²) >= 11 is 0. The van der Waals surface area contributed by atoms with Crippen molar-refractivity contribution in [3.63, 3.8) is 0 Å². The summed E-state index contributed by atoms with van der Waals surface area (Å²) in [5.41, 5.74) is 0. The van der Waals surface area contributed by atoms with E-state index in [4.69, 9.17) is 5.11 Å². The zero-order valence-electron chi connectivity index (χ0n) is 6.56. The van der Waals surface area contributed by atoms with Gasteiger partial charge in [0.25, 0.3) is 5.92 Å². The van der Waals surface area contributed by atoms with E-state index >= 15 is 0 Å². The molecular formula is C7H13F2NO. The molecule has 1 N–H and O–H groups in total. The highest BCUT2D eigenvalue weighted by molar-refractivity contribution is 4.89. The Morgan fingerprint density at radius 3 is 2.64 bits per heavy atom. The van der Waals surface area contributed by atoms with Crippen molar-refractivity contribution in [3.8, 4) is 0 Å². The molecule has 0 aliphatic carbocycles. The molecular weight excluding hydrogens is 152 g/mol. The summed E-state index contributed by atoms with van der Waals surface area (Å²) in [6.07, 6.45) is -0.197. The van der Waals surface area contributed by atoms with Gasteiger partial charge < -0.3 is 5.11 Å². The maximum Gasteiger partial charge on any atom is 0.262 e. The van der Waals surface area contributed by atoms with Gasteiger partial charge >= 0.3 is 0 Å². The summed E-state index contributed by atoms with van der Waals surface area (Å²) in [5, 5.41) is 8.72. The molecule has 0 spiro atoms. The third kappa shape index (κ3) is 1.87. The summed E-state index contributed by atoms with van der Waals surface area (Å²) in [5.74, 6) is -2.59. The molecule has 1 aliphatic rings. The van der Waals surface area contributed by atoms with E-state index in [1.54, 1.807) is 4.90 Å². The number of hydrogen-bond donors (Lipinski definition) is 1. The minimum absolute atomic E-state index is 0.163. The molecule has 2 nitrogen and oxygen atoms in total. The quantitative estimate of drug-likeness (QED) is 0.651. The Labute approximate surface area is 64.8 Å². The molecule has 0 aromatic carbocycles. The molecule has 1 rings (SSSR count). The van der Waals surface area contributed by atoms with Crippen LogP contribution in [-0.2, 0) is 0 Å². The fourth-order valence-electron chi connectivity index (χ4n) is 1.51. The van der Waals surface area contributed by atoms with Crippen molar-refractivity contribution in [1.29, 1.82) is 0 Å². The van der Waals surface area contributed by atoms with Gasteiger partial charge in [-0.2, -0.15) is 0 Å². The van der Waals surface area contributed by atoms with E-state index in [9.17, 15) is 8.78 Å². The molecule has 1 heterocycles. The molecule has 0 bridgehead atoms. The van der Waals surface area contributed by atoms with Gasteiger partial charge in [0.1, 0.15) is 0 Å². The maximum absolute atomic E-state index is 12.7. The Kier molecular flexibility index (Phi) is 2.44. The van der Waals surface area contributed by atoms with Crippen molar-refractivity contribution in [2.45, 2.75) is 25.3 Å². The minimum atomic E-state index is -2.59. The van der Waals surface area contributed by atoms with Crippen LogP contribution in [0.1, 0.15) is 13.3 Å². The smallest absolute Gasteiger partial charge is 0.262 e. The first-order valence-electron chi connectivity index (χ1n) is 3.82. The number of likely N-dealkylation sites (tertiary alicyclic amines) is 1. The van der Waals surface area contributed by atoms with Crippen LogP contribution in [-0.4, -0.2) is 41.7 Å². The average molecular weight is 165 g/mol. The maximum atomic E-state index is 12.7. The van der Waals surface area contributed by atoms with E-state index < -0.39 is 5.92 Å². The lowest BCUT2D eigenvalue weighted by Crippen LogP contribution is -2.32. The molecule has 1 saturated heterocycles. The minimum Gasteiger partial charge on any atom is -0.395 e. The lowest BCUT2D eigenvalue weighted by Gasteiger charge is -2.18. The van der Waals surface area contributed by atoms with Gasteiger partial charge in [0, 0.05) is 12.5 Å². The largest absolute Gasteiger partial charge is 0.395 e. The van der Waals surface area contributed by atoms with Crippen molar-refractivity contribution in [2.75, 3.05) is 19.7 Å². The van der Waals surface area contributed by atoms with Crippen LogP contribution in [0.25, 0.3) is 0 Å². The number of nitrogens with zero attached hydrogens (tertiary/aromatic N) is 1. The number of alkyl halides is 2. The molecule has 0 saturated carbocycles. The summed E-state index contributed by atoms with van der Waals surface area (Å²) in [4.78, 5) is 1.61. The summed E-state index contributed by atoms with van der Waals surface area (Å²) in [6.45, 7) is 2.04. The van der Waals surface area contributed by atoms with Crippen molar-refractivity contribution < 1.29 is 13.9 Å². The monoisotopic (exact) mass is 165 g/mol. The number of halogens is 2. The highest BCUT2D eigenvalue weighted by Crippen LogP contribution is 2.31. The van der Waals surface area contributed by atoms with Gasteiger partial charge in [-0.1, -0.05) is 6.92 Å². The second-order valence-corrected chi connectivity index (χ2v) is 2.96. The van der Waals surface area contributed by atoms with E-state index in [0.29, 0.717) is 6.54 Å². The van der Waals surface area contributed by atoms with Gasteiger partial charge in [-0.15, -0.1) is 0 Å². The Morgan fingerprint density at radius 1 is 1.64 bits per heavy atom. The van der Waals surface area contributed by atoms with Crippen LogP contribution in [0.3, 0.4) is 0 Å². The average Bonchev–Trinajstić information content (AvgIpc) is 2.25. The number of likely N-dealkylation sites (N-methyl/N-ethyl adjacent to an activating group) is 1. The first-order valence-corrected chi connectivity index (χ1v) is 3.82. The molecule has 0 radical (unpaired) electrons. The topological polar surface area (TPSA) is 23.5 Å². The van der Waals surface area contributed by atoms with E-state index in [1.165, 1.54) is 0 Å². The predicted molar refractivity (Wildman–Crippen MR) is 37.7 cm³/mol. The second-order valence-electron chi connectivity index (χ2n) is 2.96. The fraction of sp³-hybridized carbons (Fsp3) is 1.00. The normalized spacial score (nSPS) is 31.1. The molecule has 0 unspecified atom stereocenters. The van der Waals surface area contributed by atoms with Crippen molar-refractivity contribution in [2.24, 2.45) is 0 Å². The molecule has 11 heavy (non-hydrogen) atoms.